The van der Waals surface area contributed by atoms with Crippen LogP contribution in [0.15, 0.2) is 18.2 Å². The standard InChI is InChI=1S/C19H28N2O4S/c1-25-18-7-6-16(21-10-3-2-4-11-21)13-17(18)20-19(22)8-5-15-9-12-26(23,24)14-15/h6-7,13,15H,2-5,8-12,14H2,1H3,(H,20,22). The quantitative estimate of drug-likeness (QED) is 0.821. The molecule has 0 bridgehead atoms. The Bertz CT molecular complexity index is 742. The van der Waals surface area contributed by atoms with Crippen LogP contribution in [0.1, 0.15) is 38.5 Å². The maximum Gasteiger partial charge on any atom is 0.224 e. The van der Waals surface area contributed by atoms with Crippen LogP contribution in [0.3, 0.4) is 0 Å². The molecule has 0 aliphatic carbocycles. The molecular weight excluding hydrogens is 352 g/mol. The average molecular weight is 381 g/mol. The van der Waals surface area contributed by atoms with Gasteiger partial charge in [0.25, 0.3) is 0 Å². The van der Waals surface area contributed by atoms with E-state index >= 15 is 0 Å². The van der Waals surface area contributed by atoms with E-state index in [1.807, 2.05) is 18.2 Å². The maximum absolute atomic E-state index is 12.4. The Morgan fingerprint density at radius 3 is 2.69 bits per heavy atom. The third kappa shape index (κ3) is 4.90. The van der Waals surface area contributed by atoms with E-state index in [0.29, 0.717) is 30.7 Å². The first-order valence-electron chi connectivity index (χ1n) is 9.40. The topological polar surface area (TPSA) is 75.7 Å². The summed E-state index contributed by atoms with van der Waals surface area (Å²) < 4.78 is 28.4. The summed E-state index contributed by atoms with van der Waals surface area (Å²) in [6.45, 7) is 2.08. The van der Waals surface area contributed by atoms with Crippen LogP contribution in [0.5, 0.6) is 5.75 Å². The van der Waals surface area contributed by atoms with Gasteiger partial charge in [-0.1, -0.05) is 0 Å². The second-order valence-corrected chi connectivity index (χ2v) is 9.52. The summed E-state index contributed by atoms with van der Waals surface area (Å²) in [4.78, 5) is 14.7. The molecule has 1 N–H and O–H groups in total. The number of hydrogen-bond donors (Lipinski definition) is 1. The monoisotopic (exact) mass is 380 g/mol. The summed E-state index contributed by atoms with van der Waals surface area (Å²) in [6.07, 6.45) is 5.27. The summed E-state index contributed by atoms with van der Waals surface area (Å²) in [5.74, 6) is 1.12. The highest BCUT2D eigenvalue weighted by Gasteiger charge is 2.28. The Kier molecular flexibility index (Phi) is 6.06. The second kappa shape index (κ2) is 8.29. The Balaban J connectivity index is 1.61. The smallest absolute Gasteiger partial charge is 0.224 e. The molecule has 2 fully saturated rings. The van der Waals surface area contributed by atoms with Crippen molar-refractivity contribution in [3.05, 3.63) is 18.2 Å². The minimum atomic E-state index is -2.89. The summed E-state index contributed by atoms with van der Waals surface area (Å²) in [5, 5.41) is 2.95. The molecule has 1 aromatic carbocycles. The normalized spacial score (nSPS) is 22.2. The number of amides is 1. The zero-order chi connectivity index (χ0) is 18.6. The molecular formula is C19H28N2O4S. The minimum absolute atomic E-state index is 0.0941. The Labute approximate surface area is 155 Å². The number of ether oxygens (including phenoxy) is 1. The van der Waals surface area contributed by atoms with Crippen molar-refractivity contribution in [1.29, 1.82) is 0 Å². The van der Waals surface area contributed by atoms with E-state index in [1.54, 1.807) is 7.11 Å². The van der Waals surface area contributed by atoms with Crippen molar-refractivity contribution in [2.45, 2.75) is 38.5 Å². The Morgan fingerprint density at radius 2 is 2.04 bits per heavy atom. The molecule has 0 radical (unpaired) electrons. The molecule has 2 saturated heterocycles. The van der Waals surface area contributed by atoms with Crippen molar-refractivity contribution in [2.75, 3.05) is 41.9 Å². The number of nitrogens with one attached hydrogen (secondary N) is 1. The predicted molar refractivity (Wildman–Crippen MR) is 104 cm³/mol. The van der Waals surface area contributed by atoms with Crippen molar-refractivity contribution in [3.8, 4) is 5.75 Å². The third-order valence-corrected chi connectivity index (χ3v) is 7.12. The number of methoxy groups -OCH3 is 1. The van der Waals surface area contributed by atoms with Crippen LogP contribution in [0, 0.1) is 5.92 Å². The van der Waals surface area contributed by atoms with Crippen LogP contribution in [0.4, 0.5) is 11.4 Å². The molecule has 3 rings (SSSR count). The number of rotatable bonds is 6. The number of carbonyl (C=O) groups is 1. The molecule has 1 unspecified atom stereocenters. The molecule has 0 aromatic heterocycles. The summed E-state index contributed by atoms with van der Waals surface area (Å²) in [5.41, 5.74) is 1.78. The number of piperidine rings is 1. The molecule has 1 aromatic rings. The molecule has 2 heterocycles. The van der Waals surface area contributed by atoms with Crippen molar-refractivity contribution in [1.82, 2.24) is 0 Å². The fourth-order valence-corrected chi connectivity index (χ4v) is 5.70. The van der Waals surface area contributed by atoms with E-state index in [2.05, 4.69) is 10.2 Å². The van der Waals surface area contributed by atoms with Gasteiger partial charge in [0.1, 0.15) is 5.75 Å². The van der Waals surface area contributed by atoms with Gasteiger partial charge in [-0.15, -0.1) is 0 Å². The van der Waals surface area contributed by atoms with E-state index in [4.69, 9.17) is 4.74 Å². The number of hydrogen-bond acceptors (Lipinski definition) is 5. The molecule has 144 valence electrons. The van der Waals surface area contributed by atoms with E-state index < -0.39 is 9.84 Å². The van der Waals surface area contributed by atoms with E-state index in [1.165, 1.54) is 19.3 Å². The van der Waals surface area contributed by atoms with Crippen molar-refractivity contribution < 1.29 is 17.9 Å². The molecule has 6 nitrogen and oxygen atoms in total. The molecule has 0 saturated carbocycles. The lowest BCUT2D eigenvalue weighted by atomic mass is 10.0. The summed E-state index contributed by atoms with van der Waals surface area (Å²) in [6, 6.07) is 5.90. The van der Waals surface area contributed by atoms with Crippen LogP contribution in [-0.4, -0.2) is 46.0 Å². The van der Waals surface area contributed by atoms with Crippen LogP contribution < -0.4 is 15.0 Å². The lowest BCUT2D eigenvalue weighted by Gasteiger charge is -2.29. The SMILES string of the molecule is COc1ccc(N2CCCCC2)cc1NC(=O)CCC1CCS(=O)(=O)C1. The Hall–Kier alpha value is -1.76. The molecule has 0 spiro atoms. The minimum Gasteiger partial charge on any atom is -0.495 e. The average Bonchev–Trinajstić information content (AvgIpc) is 2.99. The fourth-order valence-electron chi connectivity index (χ4n) is 3.79. The fraction of sp³-hybridized carbons (Fsp3) is 0.632. The second-order valence-electron chi connectivity index (χ2n) is 7.29. The molecule has 1 atom stereocenters. The van der Waals surface area contributed by atoms with Crippen LogP contribution in [0.25, 0.3) is 0 Å². The molecule has 2 aliphatic rings. The van der Waals surface area contributed by atoms with Crippen molar-refractivity contribution in [3.63, 3.8) is 0 Å². The van der Waals surface area contributed by atoms with Crippen LogP contribution in [0.2, 0.25) is 0 Å². The number of carbonyl (C=O) groups excluding carboxylic acids is 1. The van der Waals surface area contributed by atoms with Gasteiger partial charge in [-0.05, 0) is 56.2 Å². The van der Waals surface area contributed by atoms with Gasteiger partial charge in [0, 0.05) is 25.2 Å². The first-order chi connectivity index (χ1) is 12.5. The highest BCUT2D eigenvalue weighted by atomic mass is 32.2. The largest absolute Gasteiger partial charge is 0.495 e. The molecule has 26 heavy (non-hydrogen) atoms. The molecule has 7 heteroatoms. The van der Waals surface area contributed by atoms with Crippen LogP contribution in [-0.2, 0) is 14.6 Å². The van der Waals surface area contributed by atoms with Gasteiger partial charge >= 0.3 is 0 Å². The first-order valence-corrected chi connectivity index (χ1v) is 11.2. The lowest BCUT2D eigenvalue weighted by molar-refractivity contribution is -0.116. The highest BCUT2D eigenvalue weighted by molar-refractivity contribution is 7.91. The zero-order valence-electron chi connectivity index (χ0n) is 15.4. The van der Waals surface area contributed by atoms with Gasteiger partial charge in [-0.3, -0.25) is 4.79 Å². The summed E-state index contributed by atoms with van der Waals surface area (Å²) in [7, 11) is -1.30. The number of sulfone groups is 1. The van der Waals surface area contributed by atoms with Gasteiger partial charge in [0.2, 0.25) is 5.91 Å². The Morgan fingerprint density at radius 1 is 1.27 bits per heavy atom. The zero-order valence-corrected chi connectivity index (χ0v) is 16.2. The predicted octanol–water partition coefficient (Wildman–Crippen LogP) is 2.84. The van der Waals surface area contributed by atoms with Gasteiger partial charge in [-0.25, -0.2) is 8.42 Å². The van der Waals surface area contributed by atoms with Gasteiger partial charge in [0.15, 0.2) is 9.84 Å². The van der Waals surface area contributed by atoms with E-state index in [-0.39, 0.29) is 23.3 Å². The van der Waals surface area contributed by atoms with E-state index in [9.17, 15) is 13.2 Å². The number of nitrogens with zero attached hydrogens (tertiary/aromatic N) is 1. The summed E-state index contributed by atoms with van der Waals surface area (Å²) >= 11 is 0. The lowest BCUT2D eigenvalue weighted by Crippen LogP contribution is -2.29. The van der Waals surface area contributed by atoms with Gasteiger partial charge in [0.05, 0.1) is 24.3 Å². The number of anilines is 2. The third-order valence-electron chi connectivity index (χ3n) is 5.28. The number of benzene rings is 1. The molecule has 1 amide bonds. The van der Waals surface area contributed by atoms with Crippen molar-refractivity contribution >= 4 is 27.1 Å². The van der Waals surface area contributed by atoms with E-state index in [0.717, 1.165) is 18.8 Å². The first kappa shape index (κ1) is 19.0. The van der Waals surface area contributed by atoms with Crippen molar-refractivity contribution in [2.24, 2.45) is 5.92 Å². The van der Waals surface area contributed by atoms with Crippen LogP contribution >= 0.6 is 0 Å². The van der Waals surface area contributed by atoms with Gasteiger partial charge in [-0.2, -0.15) is 0 Å². The maximum atomic E-state index is 12.4. The highest BCUT2D eigenvalue weighted by Crippen LogP contribution is 2.31. The molecule has 2 aliphatic heterocycles. The van der Waals surface area contributed by atoms with Gasteiger partial charge < -0.3 is 15.0 Å².